The number of aromatic nitrogens is 1. The summed E-state index contributed by atoms with van der Waals surface area (Å²) in [5.74, 6) is 1.13. The third kappa shape index (κ3) is 6.71. The lowest BCUT2D eigenvalue weighted by atomic mass is 9.84. The molecule has 184 valence electrons. The zero-order valence-corrected chi connectivity index (χ0v) is 20.9. The molecule has 2 aliphatic rings. The summed E-state index contributed by atoms with van der Waals surface area (Å²) < 4.78 is 5.88. The maximum Gasteiger partial charge on any atom is 0.303 e. The monoisotopic (exact) mass is 485 g/mol. The first-order valence-corrected chi connectivity index (χ1v) is 13.2. The largest absolute Gasteiger partial charge is 0.481 e. The van der Waals surface area contributed by atoms with Crippen LogP contribution >= 0.6 is 11.6 Å². The molecular weight excluding hydrogens is 450 g/mol. The summed E-state index contributed by atoms with van der Waals surface area (Å²) in [6.45, 7) is 1.97. The maximum absolute atomic E-state index is 13.0. The number of carboxylic acids is 1. The third-order valence-electron chi connectivity index (χ3n) is 7.48. The second-order valence-electron chi connectivity index (χ2n) is 10.4. The van der Waals surface area contributed by atoms with E-state index in [0.717, 1.165) is 54.2 Å². The number of aliphatic carboxylic acids is 1. The normalized spacial score (nSPS) is 17.6. The Morgan fingerprint density at radius 1 is 1.18 bits per heavy atom. The minimum Gasteiger partial charge on any atom is -0.481 e. The van der Waals surface area contributed by atoms with Crippen LogP contribution in [-0.2, 0) is 22.4 Å². The Morgan fingerprint density at radius 3 is 2.62 bits per heavy atom. The molecule has 1 atom stereocenters. The van der Waals surface area contributed by atoms with Gasteiger partial charge in [0.15, 0.2) is 0 Å². The quantitative estimate of drug-likeness (QED) is 0.344. The predicted octanol–water partition coefficient (Wildman–Crippen LogP) is 7.18. The summed E-state index contributed by atoms with van der Waals surface area (Å²) in [5, 5.41) is 14.4. The molecule has 5 nitrogen and oxygen atoms in total. The van der Waals surface area contributed by atoms with Gasteiger partial charge in [0.1, 0.15) is 11.5 Å². The van der Waals surface area contributed by atoms with Gasteiger partial charge < -0.3 is 9.63 Å². The van der Waals surface area contributed by atoms with Crippen molar-refractivity contribution in [2.24, 2.45) is 5.92 Å². The fraction of sp³-hybridized carbons (Fsp3) is 0.607. The molecule has 1 N–H and O–H groups in total. The molecule has 2 saturated carbocycles. The van der Waals surface area contributed by atoms with Crippen molar-refractivity contribution in [1.82, 2.24) is 5.16 Å². The highest BCUT2D eigenvalue weighted by Gasteiger charge is 2.35. The molecule has 34 heavy (non-hydrogen) atoms. The molecular formula is C28H36ClNO4. The van der Waals surface area contributed by atoms with Crippen molar-refractivity contribution in [2.45, 2.75) is 102 Å². The number of Topliss-reactive ketones (excluding diaryl/α,β-unsaturated/α-hetero) is 1. The van der Waals surface area contributed by atoms with Crippen LogP contribution in [0, 0.1) is 12.8 Å². The highest BCUT2D eigenvalue weighted by Crippen LogP contribution is 2.47. The van der Waals surface area contributed by atoms with Crippen LogP contribution in [0.3, 0.4) is 0 Å². The van der Waals surface area contributed by atoms with E-state index in [9.17, 15) is 14.7 Å². The second kappa shape index (κ2) is 11.5. The molecule has 0 spiro atoms. The van der Waals surface area contributed by atoms with E-state index < -0.39 is 5.97 Å². The molecule has 1 aromatic heterocycles. The highest BCUT2D eigenvalue weighted by atomic mass is 35.5. The zero-order valence-electron chi connectivity index (χ0n) is 20.2. The number of carboxylic acid groups (broad SMARTS) is 1. The van der Waals surface area contributed by atoms with Crippen LogP contribution in [0.4, 0.5) is 0 Å². The summed E-state index contributed by atoms with van der Waals surface area (Å²) >= 11 is 6.35. The highest BCUT2D eigenvalue weighted by molar-refractivity contribution is 6.31. The molecule has 2 aromatic rings. The lowest BCUT2D eigenvalue weighted by molar-refractivity contribution is -0.137. The van der Waals surface area contributed by atoms with Gasteiger partial charge in [0.25, 0.3) is 0 Å². The van der Waals surface area contributed by atoms with Gasteiger partial charge in [-0.15, -0.1) is 0 Å². The smallest absolute Gasteiger partial charge is 0.303 e. The van der Waals surface area contributed by atoms with Gasteiger partial charge in [0, 0.05) is 42.2 Å². The molecule has 1 aromatic carbocycles. The number of carbonyl (C=O) groups excluding carboxylic acids is 1. The molecule has 1 unspecified atom stereocenters. The van der Waals surface area contributed by atoms with Gasteiger partial charge in [-0.1, -0.05) is 61.0 Å². The average Bonchev–Trinajstić information content (AvgIpc) is 3.56. The Kier molecular flexibility index (Phi) is 8.46. The third-order valence-corrected chi connectivity index (χ3v) is 7.84. The number of hydrogen-bond acceptors (Lipinski definition) is 4. The van der Waals surface area contributed by atoms with E-state index in [2.05, 4.69) is 5.16 Å². The van der Waals surface area contributed by atoms with Crippen molar-refractivity contribution >= 4 is 23.4 Å². The number of aryl methyl sites for hydroxylation is 2. The predicted molar refractivity (Wildman–Crippen MR) is 133 cm³/mol. The first kappa shape index (κ1) is 25.0. The van der Waals surface area contributed by atoms with Crippen LogP contribution in [-0.4, -0.2) is 22.0 Å². The number of benzene rings is 1. The zero-order chi connectivity index (χ0) is 24.1. The van der Waals surface area contributed by atoms with E-state index in [1.165, 1.54) is 37.7 Å². The first-order valence-electron chi connectivity index (χ1n) is 12.9. The van der Waals surface area contributed by atoms with Crippen molar-refractivity contribution in [2.75, 3.05) is 0 Å². The summed E-state index contributed by atoms with van der Waals surface area (Å²) in [4.78, 5) is 24.4. The lowest BCUT2D eigenvalue weighted by Crippen LogP contribution is -2.13. The van der Waals surface area contributed by atoms with Crippen LogP contribution in [0.5, 0.6) is 0 Å². The summed E-state index contributed by atoms with van der Waals surface area (Å²) in [5.41, 5.74) is 3.86. The topological polar surface area (TPSA) is 80.4 Å². The Balaban J connectivity index is 1.49. The molecule has 0 amide bonds. The Bertz CT molecular complexity index is 1000. The van der Waals surface area contributed by atoms with Crippen molar-refractivity contribution in [1.29, 1.82) is 0 Å². The molecule has 0 bridgehead atoms. The van der Waals surface area contributed by atoms with Crippen LogP contribution in [0.1, 0.15) is 111 Å². The van der Waals surface area contributed by atoms with Gasteiger partial charge in [-0.05, 0) is 61.6 Å². The molecule has 2 fully saturated rings. The van der Waals surface area contributed by atoms with Crippen molar-refractivity contribution in [3.8, 4) is 0 Å². The van der Waals surface area contributed by atoms with Gasteiger partial charge in [-0.3, -0.25) is 9.59 Å². The molecule has 2 aliphatic carbocycles. The molecule has 6 heteroatoms. The van der Waals surface area contributed by atoms with Crippen molar-refractivity contribution in [3.05, 3.63) is 51.4 Å². The summed E-state index contributed by atoms with van der Waals surface area (Å²) in [7, 11) is 0. The lowest BCUT2D eigenvalue weighted by Gasteiger charge is -2.21. The van der Waals surface area contributed by atoms with Crippen LogP contribution < -0.4 is 0 Å². The average molecular weight is 486 g/mol. The summed E-state index contributed by atoms with van der Waals surface area (Å²) in [6, 6.07) is 5.72. The van der Waals surface area contributed by atoms with Crippen LogP contribution in [0.25, 0.3) is 0 Å². The number of rotatable bonds is 12. The summed E-state index contributed by atoms with van der Waals surface area (Å²) in [6.07, 6.45) is 11.7. The number of nitrogens with zero attached hydrogens (tertiary/aromatic N) is 1. The van der Waals surface area contributed by atoms with E-state index in [0.29, 0.717) is 17.4 Å². The van der Waals surface area contributed by atoms with E-state index >= 15 is 0 Å². The Labute approximate surface area is 207 Å². The SMILES string of the molecule is Cc1ccc(CC(=O)CC(CCC(=O)O)c2noc(CCC3CCCCC3)c2C2CC2)c(Cl)c1. The molecule has 1 heterocycles. The van der Waals surface area contributed by atoms with E-state index in [-0.39, 0.29) is 31.0 Å². The van der Waals surface area contributed by atoms with Gasteiger partial charge in [-0.25, -0.2) is 0 Å². The minimum atomic E-state index is -0.854. The van der Waals surface area contributed by atoms with Gasteiger partial charge in [-0.2, -0.15) is 0 Å². The maximum atomic E-state index is 13.0. The van der Waals surface area contributed by atoms with E-state index in [4.69, 9.17) is 16.1 Å². The Hall–Kier alpha value is -2.14. The van der Waals surface area contributed by atoms with Gasteiger partial charge in [0.05, 0.1) is 5.69 Å². The molecule has 0 aliphatic heterocycles. The molecule has 4 rings (SSSR count). The first-order chi connectivity index (χ1) is 16.4. The fourth-order valence-electron chi connectivity index (χ4n) is 5.43. The molecule has 0 radical (unpaired) electrons. The second-order valence-corrected chi connectivity index (χ2v) is 10.8. The fourth-order valence-corrected chi connectivity index (χ4v) is 5.73. The van der Waals surface area contributed by atoms with E-state index in [1.54, 1.807) is 0 Å². The number of ketones is 1. The van der Waals surface area contributed by atoms with Crippen molar-refractivity contribution in [3.63, 3.8) is 0 Å². The van der Waals surface area contributed by atoms with Gasteiger partial charge >= 0.3 is 5.97 Å². The minimum absolute atomic E-state index is 0.0115. The van der Waals surface area contributed by atoms with Crippen molar-refractivity contribution < 1.29 is 19.2 Å². The standard InChI is InChI=1S/C28H36ClNO4/c1-18-7-9-21(24(29)15-18)16-23(31)17-22(12-14-26(32)33)28-27(20-10-11-20)25(34-30-28)13-8-19-5-3-2-4-6-19/h7,9,15,19-20,22H,2-6,8,10-14,16-17H2,1H3,(H,32,33). The molecule has 0 saturated heterocycles. The van der Waals surface area contributed by atoms with Gasteiger partial charge in [0.2, 0.25) is 0 Å². The number of hydrogen-bond donors (Lipinski definition) is 1. The van der Waals surface area contributed by atoms with Crippen LogP contribution in [0.2, 0.25) is 5.02 Å². The van der Waals surface area contributed by atoms with Crippen LogP contribution in [0.15, 0.2) is 22.7 Å². The number of halogens is 1. The Morgan fingerprint density at radius 2 is 1.94 bits per heavy atom. The number of carbonyl (C=O) groups is 2. The van der Waals surface area contributed by atoms with E-state index in [1.807, 2.05) is 25.1 Å².